The summed E-state index contributed by atoms with van der Waals surface area (Å²) >= 11 is 1.52. The van der Waals surface area contributed by atoms with Gasteiger partial charge in [0, 0.05) is 4.90 Å². The Hall–Kier alpha value is -1.33. The zero-order valence-corrected chi connectivity index (χ0v) is 10.6. The summed E-state index contributed by atoms with van der Waals surface area (Å²) in [4.78, 5) is 23.8. The van der Waals surface area contributed by atoms with E-state index >= 15 is 0 Å². The Morgan fingerprint density at radius 3 is 2.94 bits per heavy atom. The molecule has 1 aliphatic rings. The van der Waals surface area contributed by atoms with Crippen molar-refractivity contribution in [2.45, 2.75) is 17.9 Å². The van der Waals surface area contributed by atoms with Gasteiger partial charge in [0.2, 0.25) is 5.91 Å². The van der Waals surface area contributed by atoms with Gasteiger partial charge in [-0.25, -0.2) is 0 Å². The lowest BCUT2D eigenvalue weighted by Crippen LogP contribution is -2.24. The first-order valence-corrected chi connectivity index (χ1v) is 6.34. The summed E-state index contributed by atoms with van der Waals surface area (Å²) in [6.07, 6.45) is 0. The van der Waals surface area contributed by atoms with Gasteiger partial charge in [-0.2, -0.15) is 0 Å². The number of Topliss-reactive ketones (excluding diaryl/α,β-unsaturated/α-hetero) is 1. The predicted molar refractivity (Wildman–Crippen MR) is 68.3 cm³/mol. The fourth-order valence-electron chi connectivity index (χ4n) is 1.88. The van der Waals surface area contributed by atoms with Gasteiger partial charge in [0.1, 0.15) is 0 Å². The lowest BCUT2D eigenvalue weighted by molar-refractivity contribution is -0.119. The first-order valence-electron chi connectivity index (χ1n) is 5.36. The Bertz CT molecular complexity index is 474. The maximum Gasteiger partial charge on any atom is 0.234 e. The average molecular weight is 250 g/mol. The molecular weight excluding hydrogens is 236 g/mol. The van der Waals surface area contributed by atoms with E-state index in [1.165, 1.54) is 11.8 Å². The van der Waals surface area contributed by atoms with Crippen LogP contribution in [-0.4, -0.2) is 24.5 Å². The largest absolute Gasteiger partial charge is 0.324 e. The fourth-order valence-corrected chi connectivity index (χ4v) is 2.67. The first kappa shape index (κ1) is 12.1. The van der Waals surface area contributed by atoms with E-state index < -0.39 is 0 Å². The van der Waals surface area contributed by atoms with Crippen LogP contribution in [0.5, 0.6) is 0 Å². The number of amides is 1. The summed E-state index contributed by atoms with van der Waals surface area (Å²) in [6.45, 7) is 1.55. The third-order valence-corrected chi connectivity index (χ3v) is 3.74. The van der Waals surface area contributed by atoms with Crippen LogP contribution >= 0.6 is 11.8 Å². The Morgan fingerprint density at radius 1 is 1.53 bits per heavy atom. The fraction of sp³-hybridized carbons (Fsp3) is 0.333. The summed E-state index contributed by atoms with van der Waals surface area (Å²) in [5.74, 6) is 0.514. The third kappa shape index (κ3) is 2.50. The number of anilines is 1. The number of hydrogen-bond donors (Lipinski definition) is 2. The minimum absolute atomic E-state index is 0.00322. The molecule has 1 unspecified atom stereocenters. The van der Waals surface area contributed by atoms with Crippen molar-refractivity contribution < 1.29 is 9.59 Å². The van der Waals surface area contributed by atoms with Crippen LogP contribution in [0.25, 0.3) is 0 Å². The van der Waals surface area contributed by atoms with Gasteiger partial charge >= 0.3 is 0 Å². The SMILES string of the molecule is CNC(C(C)=O)c1ccc2c(c1)NC(=O)CS2. The van der Waals surface area contributed by atoms with E-state index in [2.05, 4.69) is 10.6 Å². The maximum absolute atomic E-state index is 11.5. The van der Waals surface area contributed by atoms with Gasteiger partial charge in [-0.15, -0.1) is 11.8 Å². The minimum Gasteiger partial charge on any atom is -0.324 e. The zero-order valence-electron chi connectivity index (χ0n) is 9.74. The third-order valence-electron chi connectivity index (χ3n) is 2.67. The summed E-state index contributed by atoms with van der Waals surface area (Å²) in [5.41, 5.74) is 1.67. The lowest BCUT2D eigenvalue weighted by atomic mass is 10.0. The molecule has 90 valence electrons. The molecule has 0 spiro atoms. The summed E-state index contributed by atoms with van der Waals surface area (Å²) < 4.78 is 0. The number of rotatable bonds is 3. The van der Waals surface area contributed by atoms with E-state index in [-0.39, 0.29) is 17.7 Å². The van der Waals surface area contributed by atoms with Crippen LogP contribution in [0, 0.1) is 0 Å². The van der Waals surface area contributed by atoms with Gasteiger partial charge in [0.05, 0.1) is 17.5 Å². The molecule has 0 aromatic heterocycles. The van der Waals surface area contributed by atoms with Crippen molar-refractivity contribution in [3.63, 3.8) is 0 Å². The second kappa shape index (κ2) is 4.89. The van der Waals surface area contributed by atoms with Crippen LogP contribution < -0.4 is 10.6 Å². The maximum atomic E-state index is 11.5. The Morgan fingerprint density at radius 2 is 2.29 bits per heavy atom. The lowest BCUT2D eigenvalue weighted by Gasteiger charge is -2.19. The van der Waals surface area contributed by atoms with Crippen molar-refractivity contribution in [1.29, 1.82) is 0 Å². The molecule has 0 saturated carbocycles. The minimum atomic E-state index is -0.316. The van der Waals surface area contributed by atoms with Gasteiger partial charge in [-0.05, 0) is 31.7 Å². The van der Waals surface area contributed by atoms with Crippen molar-refractivity contribution in [3.8, 4) is 0 Å². The average Bonchev–Trinajstić information content (AvgIpc) is 2.29. The first-order chi connectivity index (χ1) is 8.11. The number of likely N-dealkylation sites (N-methyl/N-ethyl adjacent to an activating group) is 1. The molecule has 1 aliphatic heterocycles. The van der Waals surface area contributed by atoms with Crippen molar-refractivity contribution in [2.24, 2.45) is 0 Å². The smallest absolute Gasteiger partial charge is 0.234 e. The molecule has 0 radical (unpaired) electrons. The molecule has 4 nitrogen and oxygen atoms in total. The molecule has 1 aromatic rings. The summed E-state index contributed by atoms with van der Waals surface area (Å²) in [7, 11) is 1.75. The molecule has 1 aromatic carbocycles. The molecule has 0 saturated heterocycles. The van der Waals surface area contributed by atoms with Crippen LogP contribution in [-0.2, 0) is 9.59 Å². The summed E-state index contributed by atoms with van der Waals surface area (Å²) in [5, 5.41) is 5.79. The predicted octanol–water partition coefficient (Wildman–Crippen LogP) is 1.58. The van der Waals surface area contributed by atoms with E-state index in [1.807, 2.05) is 18.2 Å². The molecule has 5 heteroatoms. The molecule has 0 bridgehead atoms. The normalized spacial score (nSPS) is 16.0. The molecular formula is C12H14N2O2S. The van der Waals surface area contributed by atoms with Crippen molar-refractivity contribution in [3.05, 3.63) is 23.8 Å². The number of ketones is 1. The number of hydrogen-bond acceptors (Lipinski definition) is 4. The van der Waals surface area contributed by atoms with E-state index in [1.54, 1.807) is 14.0 Å². The van der Waals surface area contributed by atoms with Gasteiger partial charge in [-0.1, -0.05) is 6.07 Å². The zero-order chi connectivity index (χ0) is 12.4. The highest BCUT2D eigenvalue weighted by atomic mass is 32.2. The van der Waals surface area contributed by atoms with Crippen molar-refractivity contribution >= 4 is 29.1 Å². The summed E-state index contributed by atoms with van der Waals surface area (Å²) in [6, 6.07) is 5.42. The Kier molecular flexibility index (Phi) is 3.49. The van der Waals surface area contributed by atoms with Crippen LogP contribution in [0.3, 0.4) is 0 Å². The quantitative estimate of drug-likeness (QED) is 0.855. The standard InChI is InChI=1S/C12H14N2O2S/c1-7(15)12(13-2)8-3-4-10-9(5-8)14-11(16)6-17-10/h3-5,12-13H,6H2,1-2H3,(H,14,16). The molecule has 17 heavy (non-hydrogen) atoms. The van der Waals surface area contributed by atoms with Crippen LogP contribution in [0.2, 0.25) is 0 Å². The number of fused-ring (bicyclic) bond motifs is 1. The highest BCUT2D eigenvalue weighted by Gasteiger charge is 2.19. The van der Waals surface area contributed by atoms with Gasteiger partial charge in [0.15, 0.2) is 5.78 Å². The van der Waals surface area contributed by atoms with E-state index in [0.717, 1.165) is 16.1 Å². The second-order valence-electron chi connectivity index (χ2n) is 3.92. The second-order valence-corrected chi connectivity index (χ2v) is 4.94. The van der Waals surface area contributed by atoms with Gasteiger partial charge in [-0.3, -0.25) is 9.59 Å². The van der Waals surface area contributed by atoms with Crippen LogP contribution in [0.15, 0.2) is 23.1 Å². The molecule has 1 heterocycles. The van der Waals surface area contributed by atoms with E-state index in [9.17, 15) is 9.59 Å². The molecule has 1 atom stereocenters. The van der Waals surface area contributed by atoms with Crippen molar-refractivity contribution in [2.75, 3.05) is 18.1 Å². The molecule has 0 fully saturated rings. The molecule has 2 N–H and O–H groups in total. The van der Waals surface area contributed by atoms with Crippen molar-refractivity contribution in [1.82, 2.24) is 5.32 Å². The Labute approximate surface area is 104 Å². The van der Waals surface area contributed by atoms with Gasteiger partial charge < -0.3 is 10.6 Å². The van der Waals surface area contributed by atoms with E-state index in [4.69, 9.17) is 0 Å². The molecule has 2 rings (SSSR count). The number of carbonyl (C=O) groups is 2. The van der Waals surface area contributed by atoms with Gasteiger partial charge in [0.25, 0.3) is 0 Å². The topological polar surface area (TPSA) is 58.2 Å². The van der Waals surface area contributed by atoms with E-state index in [0.29, 0.717) is 5.75 Å². The highest BCUT2D eigenvalue weighted by molar-refractivity contribution is 8.00. The Balaban J connectivity index is 2.35. The number of nitrogens with one attached hydrogen (secondary N) is 2. The number of carbonyl (C=O) groups excluding carboxylic acids is 2. The highest BCUT2D eigenvalue weighted by Crippen LogP contribution is 2.33. The number of benzene rings is 1. The monoisotopic (exact) mass is 250 g/mol. The molecule has 0 aliphatic carbocycles. The number of thioether (sulfide) groups is 1. The molecule has 1 amide bonds. The van der Waals surface area contributed by atoms with Crippen LogP contribution in [0.4, 0.5) is 5.69 Å². The van der Waals surface area contributed by atoms with Crippen LogP contribution in [0.1, 0.15) is 18.5 Å².